The topological polar surface area (TPSA) is 58.6 Å². The third-order valence-corrected chi connectivity index (χ3v) is 7.34. The SMILES string of the molecule is Cc1nc(N2CCC(C(=O)N(C)C[C@@H]3CCCCO3)CC2)nc2cc3c(cc12)CCC3. The van der Waals surface area contributed by atoms with E-state index in [1.54, 1.807) is 0 Å². The fourth-order valence-electron chi connectivity index (χ4n) is 5.46. The normalized spacial score (nSPS) is 22.0. The number of rotatable bonds is 4. The molecule has 3 heterocycles. The standard InChI is InChI=1S/C25H34N4O2/c1-17-22-14-19-6-5-7-20(19)15-23(22)27-25(26-17)29-11-9-18(10-12-29)24(30)28(2)16-21-8-3-4-13-31-21/h14-15,18,21H,3-13,16H2,1-2H3/t21-/m0/s1. The predicted octanol–water partition coefficient (Wildman–Crippen LogP) is 3.67. The number of piperidine rings is 1. The molecule has 1 amide bonds. The van der Waals surface area contributed by atoms with Crippen LogP contribution in [0.5, 0.6) is 0 Å². The molecule has 2 aliphatic heterocycles. The van der Waals surface area contributed by atoms with Gasteiger partial charge in [0.15, 0.2) is 0 Å². The van der Waals surface area contributed by atoms with E-state index in [4.69, 9.17) is 14.7 Å². The number of carbonyl (C=O) groups excluding carboxylic acids is 1. The lowest BCUT2D eigenvalue weighted by Crippen LogP contribution is -2.44. The minimum atomic E-state index is 0.0923. The molecule has 166 valence electrons. The molecule has 2 aromatic rings. The quantitative estimate of drug-likeness (QED) is 0.752. The molecule has 0 bridgehead atoms. The van der Waals surface area contributed by atoms with Crippen LogP contribution in [0.2, 0.25) is 0 Å². The van der Waals surface area contributed by atoms with E-state index >= 15 is 0 Å². The van der Waals surface area contributed by atoms with Crippen molar-refractivity contribution >= 4 is 22.8 Å². The maximum absolute atomic E-state index is 13.0. The molecule has 1 aromatic carbocycles. The molecule has 0 spiro atoms. The first-order valence-electron chi connectivity index (χ1n) is 12.0. The number of benzene rings is 1. The van der Waals surface area contributed by atoms with Gasteiger partial charge < -0.3 is 14.5 Å². The van der Waals surface area contributed by atoms with Crippen LogP contribution in [0.3, 0.4) is 0 Å². The molecular formula is C25H34N4O2. The monoisotopic (exact) mass is 422 g/mol. The first-order chi connectivity index (χ1) is 15.1. The summed E-state index contributed by atoms with van der Waals surface area (Å²) < 4.78 is 5.82. The zero-order valence-corrected chi connectivity index (χ0v) is 18.9. The number of hydrogen-bond acceptors (Lipinski definition) is 5. The molecule has 1 aliphatic carbocycles. The van der Waals surface area contributed by atoms with Gasteiger partial charge in [0.2, 0.25) is 11.9 Å². The number of likely N-dealkylation sites (N-methyl/N-ethyl adjacent to an activating group) is 1. The fraction of sp³-hybridized carbons (Fsp3) is 0.640. The van der Waals surface area contributed by atoms with Gasteiger partial charge in [0.05, 0.1) is 17.3 Å². The maximum atomic E-state index is 13.0. The number of hydrogen-bond donors (Lipinski definition) is 0. The predicted molar refractivity (Wildman–Crippen MR) is 122 cm³/mol. The summed E-state index contributed by atoms with van der Waals surface area (Å²) in [6.45, 7) is 5.31. The second kappa shape index (κ2) is 8.73. The van der Waals surface area contributed by atoms with Crippen molar-refractivity contribution in [2.75, 3.05) is 38.2 Å². The number of ether oxygens (including phenoxy) is 1. The average molecular weight is 423 g/mol. The van der Waals surface area contributed by atoms with Crippen LogP contribution >= 0.6 is 0 Å². The zero-order chi connectivity index (χ0) is 21.4. The lowest BCUT2D eigenvalue weighted by atomic mass is 9.95. The number of fused-ring (bicyclic) bond motifs is 2. The first kappa shape index (κ1) is 20.7. The van der Waals surface area contributed by atoms with E-state index in [0.717, 1.165) is 75.5 Å². The summed E-state index contributed by atoms with van der Waals surface area (Å²) in [7, 11) is 1.93. The summed E-state index contributed by atoms with van der Waals surface area (Å²) in [5.41, 5.74) is 5.04. The van der Waals surface area contributed by atoms with Crippen molar-refractivity contribution in [3.8, 4) is 0 Å². The first-order valence-corrected chi connectivity index (χ1v) is 12.0. The molecular weight excluding hydrogens is 388 g/mol. The van der Waals surface area contributed by atoms with Crippen LogP contribution in [-0.4, -0.2) is 60.2 Å². The number of aromatic nitrogens is 2. The van der Waals surface area contributed by atoms with Crippen LogP contribution in [0, 0.1) is 12.8 Å². The molecule has 31 heavy (non-hydrogen) atoms. The number of aryl methyl sites for hydroxylation is 3. The fourth-order valence-corrected chi connectivity index (χ4v) is 5.46. The van der Waals surface area contributed by atoms with Crippen LogP contribution in [0.4, 0.5) is 5.95 Å². The van der Waals surface area contributed by atoms with E-state index in [9.17, 15) is 4.79 Å². The Morgan fingerprint density at radius 3 is 2.61 bits per heavy atom. The van der Waals surface area contributed by atoms with Crippen LogP contribution in [0.15, 0.2) is 12.1 Å². The van der Waals surface area contributed by atoms with E-state index < -0.39 is 0 Å². The Morgan fingerprint density at radius 1 is 1.10 bits per heavy atom. The van der Waals surface area contributed by atoms with Crippen LogP contribution in [0.25, 0.3) is 10.9 Å². The summed E-state index contributed by atoms with van der Waals surface area (Å²) in [4.78, 5) is 26.9. The van der Waals surface area contributed by atoms with Crippen molar-refractivity contribution < 1.29 is 9.53 Å². The Kier molecular flexibility index (Phi) is 5.83. The van der Waals surface area contributed by atoms with Gasteiger partial charge in [-0.25, -0.2) is 9.97 Å². The molecule has 3 aliphatic rings. The van der Waals surface area contributed by atoms with E-state index in [2.05, 4.69) is 24.0 Å². The largest absolute Gasteiger partial charge is 0.376 e. The van der Waals surface area contributed by atoms with Crippen molar-refractivity contribution in [2.24, 2.45) is 5.92 Å². The molecule has 2 fully saturated rings. The molecule has 2 saturated heterocycles. The third kappa shape index (κ3) is 4.27. The molecule has 6 heteroatoms. The average Bonchev–Trinajstić information content (AvgIpc) is 3.25. The molecule has 5 rings (SSSR count). The van der Waals surface area contributed by atoms with Crippen molar-refractivity contribution in [1.82, 2.24) is 14.9 Å². The number of carbonyl (C=O) groups is 1. The van der Waals surface area contributed by atoms with Gasteiger partial charge in [-0.15, -0.1) is 0 Å². The summed E-state index contributed by atoms with van der Waals surface area (Å²) >= 11 is 0. The summed E-state index contributed by atoms with van der Waals surface area (Å²) in [5, 5.41) is 1.18. The van der Waals surface area contributed by atoms with Gasteiger partial charge >= 0.3 is 0 Å². The molecule has 0 saturated carbocycles. The molecule has 0 N–H and O–H groups in total. The van der Waals surface area contributed by atoms with Gasteiger partial charge in [0, 0.05) is 44.6 Å². The second-order valence-corrected chi connectivity index (χ2v) is 9.57. The van der Waals surface area contributed by atoms with Gasteiger partial charge in [-0.3, -0.25) is 4.79 Å². The van der Waals surface area contributed by atoms with Gasteiger partial charge in [0.1, 0.15) is 0 Å². The van der Waals surface area contributed by atoms with Crippen LogP contribution < -0.4 is 4.90 Å². The Bertz CT molecular complexity index is 962. The van der Waals surface area contributed by atoms with Gasteiger partial charge in [-0.2, -0.15) is 0 Å². The lowest BCUT2D eigenvalue weighted by molar-refractivity contribution is -0.137. The summed E-state index contributed by atoms with van der Waals surface area (Å²) in [6.07, 6.45) is 8.93. The van der Waals surface area contributed by atoms with Crippen LogP contribution in [0.1, 0.15) is 55.3 Å². The molecule has 0 unspecified atom stereocenters. The van der Waals surface area contributed by atoms with Gasteiger partial charge in [-0.1, -0.05) is 0 Å². The Hall–Kier alpha value is -2.21. The molecule has 0 radical (unpaired) electrons. The summed E-state index contributed by atoms with van der Waals surface area (Å²) in [6, 6.07) is 4.57. The minimum Gasteiger partial charge on any atom is -0.376 e. The minimum absolute atomic E-state index is 0.0923. The van der Waals surface area contributed by atoms with E-state index in [0.29, 0.717) is 0 Å². The second-order valence-electron chi connectivity index (χ2n) is 9.57. The van der Waals surface area contributed by atoms with Gasteiger partial charge in [0.25, 0.3) is 0 Å². The smallest absolute Gasteiger partial charge is 0.226 e. The Balaban J connectivity index is 1.23. The number of amides is 1. The number of nitrogens with zero attached hydrogens (tertiary/aromatic N) is 4. The lowest BCUT2D eigenvalue weighted by Gasteiger charge is -2.34. The highest BCUT2D eigenvalue weighted by molar-refractivity contribution is 5.84. The highest BCUT2D eigenvalue weighted by Crippen LogP contribution is 2.30. The van der Waals surface area contributed by atoms with E-state index in [-0.39, 0.29) is 17.9 Å². The molecule has 1 atom stereocenters. The van der Waals surface area contributed by atoms with Crippen LogP contribution in [-0.2, 0) is 22.4 Å². The Morgan fingerprint density at radius 2 is 1.87 bits per heavy atom. The zero-order valence-electron chi connectivity index (χ0n) is 18.9. The third-order valence-electron chi connectivity index (χ3n) is 7.34. The highest BCUT2D eigenvalue weighted by Gasteiger charge is 2.30. The summed E-state index contributed by atoms with van der Waals surface area (Å²) in [5.74, 6) is 1.17. The van der Waals surface area contributed by atoms with Gasteiger partial charge in [-0.05, 0) is 81.5 Å². The molecule has 6 nitrogen and oxygen atoms in total. The molecule has 1 aromatic heterocycles. The van der Waals surface area contributed by atoms with E-state index in [1.165, 1.54) is 35.8 Å². The van der Waals surface area contributed by atoms with Crippen molar-refractivity contribution in [3.63, 3.8) is 0 Å². The van der Waals surface area contributed by atoms with Crippen molar-refractivity contribution in [2.45, 2.75) is 64.4 Å². The number of anilines is 1. The van der Waals surface area contributed by atoms with E-state index in [1.807, 2.05) is 11.9 Å². The highest BCUT2D eigenvalue weighted by atomic mass is 16.5. The van der Waals surface area contributed by atoms with Crippen molar-refractivity contribution in [3.05, 3.63) is 29.0 Å². The Labute approximate surface area is 185 Å². The maximum Gasteiger partial charge on any atom is 0.226 e. The van der Waals surface area contributed by atoms with Crippen molar-refractivity contribution in [1.29, 1.82) is 0 Å².